The van der Waals surface area contributed by atoms with E-state index in [4.69, 9.17) is 4.18 Å². The van der Waals surface area contributed by atoms with Crippen LogP contribution < -0.4 is 0 Å². The van der Waals surface area contributed by atoms with Crippen molar-refractivity contribution in [1.82, 2.24) is 0 Å². The Hall–Kier alpha value is -1.31. The van der Waals surface area contributed by atoms with Crippen LogP contribution in [0.3, 0.4) is 0 Å². The average molecular weight is 344 g/mol. The molecule has 0 aromatic heterocycles. The van der Waals surface area contributed by atoms with E-state index in [9.17, 15) is 18.0 Å². The second kappa shape index (κ2) is 7.99. The minimum atomic E-state index is -4.20. The Balaban J connectivity index is 2.76. The molecule has 130 valence electrons. The first-order valence-corrected chi connectivity index (χ1v) is 9.18. The summed E-state index contributed by atoms with van der Waals surface area (Å²) in [6.07, 6.45) is 5.29. The van der Waals surface area contributed by atoms with Gasteiger partial charge in [0.2, 0.25) is 0 Å². The summed E-state index contributed by atoms with van der Waals surface area (Å²) in [5.74, 6) is -1.10. The molecule has 0 aromatic rings. The van der Waals surface area contributed by atoms with E-state index in [0.717, 1.165) is 31.4 Å². The minimum absolute atomic E-state index is 0.0439. The van der Waals surface area contributed by atoms with Crippen LogP contribution in [0.1, 0.15) is 32.6 Å². The molecule has 0 atom stereocenters. The summed E-state index contributed by atoms with van der Waals surface area (Å²) in [7, 11) is 1.50. The van der Waals surface area contributed by atoms with E-state index in [0.29, 0.717) is 23.0 Å². The first kappa shape index (κ1) is 19.7. The number of unbranched alkanes of at least 4 members (excludes halogenated alkanes) is 2. The first-order chi connectivity index (χ1) is 10.6. The SMILES string of the molecule is CCCCCC1=CC(=O)C(S(=O)(=O)OCC[N+](C)(C)C)=CC1=O. The maximum Gasteiger partial charge on any atom is 0.301 e. The monoisotopic (exact) mass is 344 g/mol. The van der Waals surface area contributed by atoms with Gasteiger partial charge in [-0.1, -0.05) is 19.8 Å². The van der Waals surface area contributed by atoms with Gasteiger partial charge in [0.25, 0.3) is 0 Å². The Bertz CT molecular complexity index is 623. The lowest BCUT2D eigenvalue weighted by molar-refractivity contribution is -0.870. The van der Waals surface area contributed by atoms with E-state index in [1.165, 1.54) is 0 Å². The van der Waals surface area contributed by atoms with Crippen LogP contribution in [0, 0.1) is 0 Å². The molecule has 0 spiro atoms. The smallest absolute Gasteiger partial charge is 0.301 e. The lowest BCUT2D eigenvalue weighted by Crippen LogP contribution is -2.38. The van der Waals surface area contributed by atoms with Crippen LogP contribution in [0.4, 0.5) is 0 Å². The van der Waals surface area contributed by atoms with Crippen LogP contribution >= 0.6 is 0 Å². The van der Waals surface area contributed by atoms with Gasteiger partial charge in [-0.2, -0.15) is 8.42 Å². The number of carbonyl (C=O) groups is 2. The van der Waals surface area contributed by atoms with Crippen LogP contribution in [0.5, 0.6) is 0 Å². The van der Waals surface area contributed by atoms with Gasteiger partial charge in [-0.25, -0.2) is 0 Å². The molecule has 1 aliphatic carbocycles. The number of ketones is 2. The molecule has 23 heavy (non-hydrogen) atoms. The van der Waals surface area contributed by atoms with Crippen molar-refractivity contribution in [3.63, 3.8) is 0 Å². The van der Waals surface area contributed by atoms with Gasteiger partial charge in [0.15, 0.2) is 11.6 Å². The highest BCUT2D eigenvalue weighted by Gasteiger charge is 2.30. The van der Waals surface area contributed by atoms with Crippen molar-refractivity contribution in [2.24, 2.45) is 0 Å². The summed E-state index contributed by atoms with van der Waals surface area (Å²) < 4.78 is 29.6. The average Bonchev–Trinajstić information content (AvgIpc) is 2.40. The minimum Gasteiger partial charge on any atom is -0.329 e. The zero-order valence-corrected chi connectivity index (χ0v) is 15.1. The highest BCUT2D eigenvalue weighted by Crippen LogP contribution is 2.21. The van der Waals surface area contributed by atoms with Crippen molar-refractivity contribution in [1.29, 1.82) is 0 Å². The zero-order valence-electron chi connectivity index (χ0n) is 14.3. The topological polar surface area (TPSA) is 77.5 Å². The normalized spacial score (nSPS) is 16.3. The number of rotatable bonds is 9. The summed E-state index contributed by atoms with van der Waals surface area (Å²) in [6, 6.07) is 0. The molecular formula is C16H26NO5S+. The molecule has 0 saturated heterocycles. The maximum absolute atomic E-state index is 12.1. The second-order valence-corrected chi connectivity index (χ2v) is 8.24. The Morgan fingerprint density at radius 3 is 2.26 bits per heavy atom. The highest BCUT2D eigenvalue weighted by molar-refractivity contribution is 7.91. The number of hydrogen-bond donors (Lipinski definition) is 0. The number of carbonyl (C=O) groups excluding carboxylic acids is 2. The zero-order chi connectivity index (χ0) is 17.7. The Labute approximate surface area is 138 Å². The molecule has 0 fully saturated rings. The summed E-state index contributed by atoms with van der Waals surface area (Å²) in [5.41, 5.74) is 0.369. The third-order valence-corrected chi connectivity index (χ3v) is 4.78. The molecule has 0 amide bonds. The number of likely N-dealkylation sites (N-methyl/N-ethyl adjacent to an activating group) is 1. The molecule has 0 radical (unpaired) electrons. The fraction of sp³-hybridized carbons (Fsp3) is 0.625. The Morgan fingerprint density at radius 2 is 1.70 bits per heavy atom. The predicted molar refractivity (Wildman–Crippen MR) is 88.1 cm³/mol. The third-order valence-electron chi connectivity index (χ3n) is 3.45. The van der Waals surface area contributed by atoms with Crippen molar-refractivity contribution in [3.8, 4) is 0 Å². The van der Waals surface area contributed by atoms with Gasteiger partial charge in [0, 0.05) is 11.6 Å². The largest absolute Gasteiger partial charge is 0.329 e. The number of hydrogen-bond acceptors (Lipinski definition) is 5. The molecule has 0 unspecified atom stereocenters. The van der Waals surface area contributed by atoms with Crippen LogP contribution in [0.15, 0.2) is 22.6 Å². The van der Waals surface area contributed by atoms with Crippen LogP contribution in [-0.4, -0.2) is 58.8 Å². The van der Waals surface area contributed by atoms with Crippen molar-refractivity contribution in [2.75, 3.05) is 34.3 Å². The summed E-state index contributed by atoms with van der Waals surface area (Å²) >= 11 is 0. The molecule has 0 N–H and O–H groups in total. The summed E-state index contributed by atoms with van der Waals surface area (Å²) in [4.78, 5) is 23.5. The molecule has 0 saturated carbocycles. The molecule has 0 heterocycles. The summed E-state index contributed by atoms with van der Waals surface area (Å²) in [5, 5.41) is 0. The molecule has 6 nitrogen and oxygen atoms in total. The molecule has 7 heteroatoms. The van der Waals surface area contributed by atoms with Crippen LogP contribution in [0.25, 0.3) is 0 Å². The van der Waals surface area contributed by atoms with Crippen molar-refractivity contribution in [3.05, 3.63) is 22.6 Å². The van der Waals surface area contributed by atoms with Gasteiger partial charge in [0.05, 0.1) is 21.1 Å². The number of quaternary nitrogens is 1. The van der Waals surface area contributed by atoms with Crippen molar-refractivity contribution < 1.29 is 26.7 Å². The van der Waals surface area contributed by atoms with Gasteiger partial charge in [-0.15, -0.1) is 0 Å². The van der Waals surface area contributed by atoms with E-state index < -0.39 is 26.6 Å². The first-order valence-electron chi connectivity index (χ1n) is 7.77. The number of nitrogens with zero attached hydrogens (tertiary/aromatic N) is 1. The molecule has 1 aliphatic rings. The van der Waals surface area contributed by atoms with Gasteiger partial charge in [0.1, 0.15) is 18.1 Å². The lowest BCUT2D eigenvalue weighted by Gasteiger charge is -2.23. The fourth-order valence-corrected chi connectivity index (χ4v) is 3.00. The molecule has 0 bridgehead atoms. The molecule has 0 aromatic carbocycles. The van der Waals surface area contributed by atoms with E-state index in [2.05, 4.69) is 0 Å². The van der Waals surface area contributed by atoms with E-state index >= 15 is 0 Å². The van der Waals surface area contributed by atoms with Crippen LogP contribution in [0.2, 0.25) is 0 Å². The number of allylic oxidation sites excluding steroid dienone is 4. The van der Waals surface area contributed by atoms with Gasteiger partial charge in [-0.3, -0.25) is 13.8 Å². The van der Waals surface area contributed by atoms with Crippen LogP contribution in [-0.2, 0) is 23.9 Å². The molecule has 1 rings (SSSR count). The predicted octanol–water partition coefficient (Wildman–Crippen LogP) is 1.58. The van der Waals surface area contributed by atoms with Gasteiger partial charge >= 0.3 is 10.1 Å². The molecule has 0 aliphatic heterocycles. The molecular weight excluding hydrogens is 318 g/mol. The summed E-state index contributed by atoms with van der Waals surface area (Å²) in [6.45, 7) is 2.46. The standard InChI is InChI=1S/C16H26NO5S/c1-5-6-7-8-13-11-15(19)16(12-14(13)18)23(20,21)22-10-9-17(2,3)4/h11-12H,5-10H2,1-4H3/q+1. The van der Waals surface area contributed by atoms with E-state index in [1.54, 1.807) is 0 Å². The highest BCUT2D eigenvalue weighted by atomic mass is 32.2. The quantitative estimate of drug-likeness (QED) is 0.275. The van der Waals surface area contributed by atoms with Gasteiger partial charge in [-0.05, 0) is 18.9 Å². The van der Waals surface area contributed by atoms with Crippen molar-refractivity contribution in [2.45, 2.75) is 32.6 Å². The van der Waals surface area contributed by atoms with E-state index in [-0.39, 0.29) is 6.61 Å². The van der Waals surface area contributed by atoms with E-state index in [1.807, 2.05) is 28.1 Å². The fourth-order valence-electron chi connectivity index (χ4n) is 2.02. The maximum atomic E-state index is 12.1. The third kappa shape index (κ3) is 6.37. The van der Waals surface area contributed by atoms with Crippen molar-refractivity contribution >= 4 is 21.7 Å². The Morgan fingerprint density at radius 1 is 1.04 bits per heavy atom. The Kier molecular flexibility index (Phi) is 6.85. The second-order valence-electron chi connectivity index (χ2n) is 6.65. The van der Waals surface area contributed by atoms with Gasteiger partial charge < -0.3 is 4.48 Å². The lowest BCUT2D eigenvalue weighted by atomic mass is 9.98.